The molecule has 0 spiro atoms. The number of nitrogens with one attached hydrogen (secondary N) is 1. The summed E-state index contributed by atoms with van der Waals surface area (Å²) in [5.41, 5.74) is 0.811. The molecule has 2 rings (SSSR count). The molecule has 0 radical (unpaired) electrons. The van der Waals surface area contributed by atoms with Gasteiger partial charge in [-0.2, -0.15) is 0 Å². The first-order valence-corrected chi connectivity index (χ1v) is 6.31. The van der Waals surface area contributed by atoms with Gasteiger partial charge in [0.1, 0.15) is 5.75 Å². The second-order valence-corrected chi connectivity index (χ2v) is 4.81. The fourth-order valence-corrected chi connectivity index (χ4v) is 2.42. The molecule has 1 aliphatic rings. The number of hydrogen-bond acceptors (Lipinski definition) is 4. The number of ether oxygens (including phenoxy) is 1. The fourth-order valence-electron chi connectivity index (χ4n) is 1.50. The Labute approximate surface area is 104 Å². The van der Waals surface area contributed by atoms with E-state index in [1.165, 1.54) is 11.8 Å². The highest BCUT2D eigenvalue weighted by molar-refractivity contribution is 8.15. The van der Waals surface area contributed by atoms with Gasteiger partial charge in [-0.1, -0.05) is 18.7 Å². The summed E-state index contributed by atoms with van der Waals surface area (Å²) in [6, 6.07) is 7.41. The Hall–Kier alpha value is -1.49. The van der Waals surface area contributed by atoms with Crippen LogP contribution in [0.4, 0.5) is 5.69 Å². The van der Waals surface area contributed by atoms with Crippen molar-refractivity contribution in [3.8, 4) is 5.75 Å². The van der Waals surface area contributed by atoms with Gasteiger partial charge >= 0.3 is 0 Å². The topological polar surface area (TPSA) is 50.7 Å². The molecule has 0 aromatic heterocycles. The van der Waals surface area contributed by atoms with Crippen molar-refractivity contribution >= 4 is 28.5 Å². The van der Waals surface area contributed by atoms with Gasteiger partial charge in [0.2, 0.25) is 5.91 Å². The SMILES string of the molecule is CC[C@@H]1SC(=Nc2ccc(OC)cc2)NC1=O. The fraction of sp³-hybridized carbons (Fsp3) is 0.333. The molecule has 1 aromatic carbocycles. The number of rotatable bonds is 3. The second-order valence-electron chi connectivity index (χ2n) is 3.62. The van der Waals surface area contributed by atoms with Crippen molar-refractivity contribution in [2.24, 2.45) is 4.99 Å². The molecule has 1 saturated heterocycles. The quantitative estimate of drug-likeness (QED) is 0.895. The Balaban J connectivity index is 2.11. The van der Waals surface area contributed by atoms with Gasteiger partial charge in [-0.15, -0.1) is 0 Å². The minimum atomic E-state index is -0.00741. The molecule has 90 valence electrons. The minimum Gasteiger partial charge on any atom is -0.497 e. The van der Waals surface area contributed by atoms with E-state index in [0.717, 1.165) is 17.9 Å². The van der Waals surface area contributed by atoms with E-state index in [1.54, 1.807) is 7.11 Å². The lowest BCUT2D eigenvalue weighted by molar-refractivity contribution is -0.118. The molecule has 5 heteroatoms. The molecule has 1 aromatic rings. The van der Waals surface area contributed by atoms with Crippen molar-refractivity contribution in [1.29, 1.82) is 0 Å². The molecule has 4 nitrogen and oxygen atoms in total. The first-order valence-electron chi connectivity index (χ1n) is 5.43. The lowest BCUT2D eigenvalue weighted by atomic mass is 10.3. The minimum absolute atomic E-state index is 0.00741. The maximum absolute atomic E-state index is 11.5. The van der Waals surface area contributed by atoms with E-state index >= 15 is 0 Å². The van der Waals surface area contributed by atoms with Crippen LogP contribution in [0.25, 0.3) is 0 Å². The number of aliphatic imine (C=N–C) groups is 1. The van der Waals surface area contributed by atoms with Gasteiger partial charge in [0, 0.05) is 0 Å². The average molecular weight is 250 g/mol. The van der Waals surface area contributed by atoms with Gasteiger partial charge in [0.05, 0.1) is 18.0 Å². The van der Waals surface area contributed by atoms with Gasteiger partial charge in [-0.05, 0) is 30.7 Å². The van der Waals surface area contributed by atoms with Crippen molar-refractivity contribution in [3.05, 3.63) is 24.3 Å². The molecule has 0 unspecified atom stereocenters. The standard InChI is InChI=1S/C12H14N2O2S/c1-3-10-11(15)14-12(17-10)13-8-4-6-9(16-2)7-5-8/h4-7,10H,3H2,1-2H3,(H,13,14,15)/t10-/m0/s1. The summed E-state index contributed by atoms with van der Waals surface area (Å²) in [5, 5.41) is 3.44. The van der Waals surface area contributed by atoms with Gasteiger partial charge in [0.25, 0.3) is 0 Å². The van der Waals surface area contributed by atoms with Crippen molar-refractivity contribution in [3.63, 3.8) is 0 Å². The van der Waals surface area contributed by atoms with Crippen LogP contribution in [0.3, 0.4) is 0 Å². The second kappa shape index (κ2) is 5.23. The van der Waals surface area contributed by atoms with Crippen molar-refractivity contribution in [2.75, 3.05) is 7.11 Å². The third-order valence-electron chi connectivity index (χ3n) is 2.45. The predicted molar refractivity (Wildman–Crippen MR) is 69.9 cm³/mol. The molecule has 1 atom stereocenters. The summed E-state index contributed by atoms with van der Waals surface area (Å²) in [6.07, 6.45) is 0.818. The van der Waals surface area contributed by atoms with Crippen molar-refractivity contribution in [1.82, 2.24) is 5.32 Å². The third kappa shape index (κ3) is 2.79. The zero-order valence-corrected chi connectivity index (χ0v) is 10.6. The number of carbonyl (C=O) groups is 1. The molecule has 17 heavy (non-hydrogen) atoms. The van der Waals surface area contributed by atoms with E-state index in [-0.39, 0.29) is 11.2 Å². The number of nitrogens with zero attached hydrogens (tertiary/aromatic N) is 1. The Morgan fingerprint density at radius 1 is 1.41 bits per heavy atom. The molecule has 1 amide bonds. The number of hydrogen-bond donors (Lipinski definition) is 1. The van der Waals surface area contributed by atoms with Crippen molar-refractivity contribution in [2.45, 2.75) is 18.6 Å². The molecule has 0 aliphatic carbocycles. The van der Waals surface area contributed by atoms with E-state index in [0.29, 0.717) is 5.17 Å². The van der Waals surface area contributed by atoms with Crippen LogP contribution in [0.5, 0.6) is 5.75 Å². The number of benzene rings is 1. The molecular formula is C12H14N2O2S. The highest BCUT2D eigenvalue weighted by atomic mass is 32.2. The van der Waals surface area contributed by atoms with Crippen LogP contribution in [-0.2, 0) is 4.79 Å². The molecular weight excluding hydrogens is 236 g/mol. The van der Waals surface area contributed by atoms with Crippen molar-refractivity contribution < 1.29 is 9.53 Å². The highest BCUT2D eigenvalue weighted by Crippen LogP contribution is 2.25. The number of amides is 1. The molecule has 0 bridgehead atoms. The predicted octanol–water partition coefficient (Wildman–Crippen LogP) is 2.32. The Morgan fingerprint density at radius 3 is 2.65 bits per heavy atom. The molecule has 0 saturated carbocycles. The highest BCUT2D eigenvalue weighted by Gasteiger charge is 2.28. The number of methoxy groups -OCH3 is 1. The largest absolute Gasteiger partial charge is 0.497 e. The van der Waals surface area contributed by atoms with E-state index in [4.69, 9.17) is 4.74 Å². The van der Waals surface area contributed by atoms with Crippen LogP contribution in [0.2, 0.25) is 0 Å². The van der Waals surface area contributed by atoms with Crippen LogP contribution in [-0.4, -0.2) is 23.4 Å². The van der Waals surface area contributed by atoms with Gasteiger partial charge in [-0.3, -0.25) is 4.79 Å². The van der Waals surface area contributed by atoms with Crippen LogP contribution >= 0.6 is 11.8 Å². The molecule has 1 heterocycles. The first kappa shape index (κ1) is 12.0. The van der Waals surface area contributed by atoms with E-state index < -0.39 is 0 Å². The number of carbonyl (C=O) groups excluding carboxylic acids is 1. The Morgan fingerprint density at radius 2 is 2.12 bits per heavy atom. The molecule has 1 fully saturated rings. The molecule has 1 N–H and O–H groups in total. The maximum Gasteiger partial charge on any atom is 0.239 e. The lowest BCUT2D eigenvalue weighted by Crippen LogP contribution is -2.24. The zero-order valence-electron chi connectivity index (χ0n) is 9.77. The van der Waals surface area contributed by atoms with Crippen LogP contribution in [0, 0.1) is 0 Å². The third-order valence-corrected chi connectivity index (χ3v) is 3.70. The van der Waals surface area contributed by atoms with E-state index in [9.17, 15) is 4.79 Å². The smallest absolute Gasteiger partial charge is 0.239 e. The van der Waals surface area contributed by atoms with Gasteiger partial charge in [-0.25, -0.2) is 4.99 Å². The van der Waals surface area contributed by atoms with Crippen LogP contribution in [0.1, 0.15) is 13.3 Å². The Bertz CT molecular complexity index is 442. The normalized spacial score (nSPS) is 21.6. The summed E-state index contributed by atoms with van der Waals surface area (Å²) < 4.78 is 5.07. The van der Waals surface area contributed by atoms with Crippen LogP contribution < -0.4 is 10.1 Å². The summed E-state index contributed by atoms with van der Waals surface area (Å²) in [4.78, 5) is 15.8. The maximum atomic E-state index is 11.5. The molecule has 1 aliphatic heterocycles. The first-order chi connectivity index (χ1) is 8.22. The summed E-state index contributed by atoms with van der Waals surface area (Å²) in [5.74, 6) is 0.841. The van der Waals surface area contributed by atoms with E-state index in [2.05, 4.69) is 10.3 Å². The monoisotopic (exact) mass is 250 g/mol. The summed E-state index contributed by atoms with van der Waals surface area (Å²) in [7, 11) is 1.62. The average Bonchev–Trinajstić information content (AvgIpc) is 2.70. The number of amidine groups is 1. The lowest BCUT2D eigenvalue weighted by Gasteiger charge is -2.00. The van der Waals surface area contributed by atoms with Gasteiger partial charge in [0.15, 0.2) is 5.17 Å². The Kier molecular flexibility index (Phi) is 3.68. The van der Waals surface area contributed by atoms with Crippen LogP contribution in [0.15, 0.2) is 29.3 Å². The van der Waals surface area contributed by atoms with Gasteiger partial charge < -0.3 is 10.1 Å². The number of thioether (sulfide) groups is 1. The zero-order chi connectivity index (χ0) is 12.3. The van der Waals surface area contributed by atoms with E-state index in [1.807, 2.05) is 31.2 Å². The summed E-state index contributed by atoms with van der Waals surface area (Å²) in [6.45, 7) is 1.99. The summed E-state index contributed by atoms with van der Waals surface area (Å²) >= 11 is 1.48.